The Bertz CT molecular complexity index is 527. The molecule has 1 aliphatic heterocycles. The molecule has 0 aliphatic carbocycles. The molecular formula is C12H11F2N3O. The van der Waals surface area contributed by atoms with Crippen LogP contribution >= 0.6 is 0 Å². The molecule has 1 fully saturated rings. The summed E-state index contributed by atoms with van der Waals surface area (Å²) in [6.07, 6.45) is 0. The lowest BCUT2D eigenvalue weighted by molar-refractivity contribution is 0.198. The fraction of sp³-hybridized carbons (Fsp3) is 0.333. The molecule has 0 radical (unpaired) electrons. The first-order valence-corrected chi connectivity index (χ1v) is 5.38. The summed E-state index contributed by atoms with van der Waals surface area (Å²) in [5, 5.41) is 8.59. The van der Waals surface area contributed by atoms with E-state index in [-0.39, 0.29) is 24.7 Å². The van der Waals surface area contributed by atoms with Crippen molar-refractivity contribution in [1.29, 1.82) is 5.26 Å². The number of nitrogens with zero attached hydrogens (tertiary/aromatic N) is 3. The number of urea groups is 1. The molecule has 18 heavy (non-hydrogen) atoms. The van der Waals surface area contributed by atoms with Crippen molar-refractivity contribution in [2.45, 2.75) is 6.04 Å². The first kappa shape index (κ1) is 12.3. The zero-order valence-corrected chi connectivity index (χ0v) is 9.73. The third-order valence-corrected chi connectivity index (χ3v) is 3.02. The van der Waals surface area contributed by atoms with Crippen molar-refractivity contribution >= 4 is 6.03 Å². The van der Waals surface area contributed by atoms with E-state index in [0.717, 1.165) is 12.1 Å². The Morgan fingerprint density at radius 1 is 1.50 bits per heavy atom. The van der Waals surface area contributed by atoms with Gasteiger partial charge in [0.1, 0.15) is 18.2 Å². The van der Waals surface area contributed by atoms with E-state index < -0.39 is 17.7 Å². The minimum absolute atomic E-state index is 0.0392. The maximum Gasteiger partial charge on any atom is 0.321 e. The molecule has 6 heteroatoms. The average molecular weight is 251 g/mol. The minimum atomic E-state index is -0.682. The Morgan fingerprint density at radius 3 is 2.83 bits per heavy atom. The third kappa shape index (κ3) is 1.99. The van der Waals surface area contributed by atoms with Crippen LogP contribution in [0.5, 0.6) is 0 Å². The Labute approximate surface area is 103 Å². The van der Waals surface area contributed by atoms with Crippen LogP contribution < -0.4 is 0 Å². The molecule has 1 saturated heterocycles. The van der Waals surface area contributed by atoms with Crippen molar-refractivity contribution in [2.75, 3.05) is 20.1 Å². The molecule has 0 N–H and O–H groups in total. The summed E-state index contributed by atoms with van der Waals surface area (Å²) in [6.45, 7) is 0.188. The predicted octanol–water partition coefficient (Wildman–Crippen LogP) is 1.90. The van der Waals surface area contributed by atoms with Gasteiger partial charge in [0, 0.05) is 25.2 Å². The normalized spacial score (nSPS) is 19.2. The molecule has 1 unspecified atom stereocenters. The van der Waals surface area contributed by atoms with Crippen LogP contribution in [0.4, 0.5) is 13.6 Å². The van der Waals surface area contributed by atoms with Crippen molar-refractivity contribution in [2.24, 2.45) is 0 Å². The molecule has 1 aromatic carbocycles. The lowest BCUT2D eigenvalue weighted by atomic mass is 10.1. The Hall–Kier alpha value is -2.16. The standard InChI is InChI=1S/C12H11F2N3O/c1-16-11(7-17(5-4-15)12(16)18)9-3-2-8(13)6-10(9)14/h2-3,6,11H,5,7H2,1H3. The van der Waals surface area contributed by atoms with Crippen molar-refractivity contribution in [3.63, 3.8) is 0 Å². The second-order valence-electron chi connectivity index (χ2n) is 4.11. The highest BCUT2D eigenvalue weighted by atomic mass is 19.1. The smallest absolute Gasteiger partial charge is 0.319 e. The zero-order valence-electron chi connectivity index (χ0n) is 9.73. The van der Waals surface area contributed by atoms with Crippen LogP contribution in [-0.4, -0.2) is 36.0 Å². The van der Waals surface area contributed by atoms with Gasteiger partial charge in [-0.2, -0.15) is 5.26 Å². The Balaban J connectivity index is 2.29. The molecular weight excluding hydrogens is 240 g/mol. The third-order valence-electron chi connectivity index (χ3n) is 3.02. The fourth-order valence-electron chi connectivity index (χ4n) is 2.06. The summed E-state index contributed by atoms with van der Waals surface area (Å²) in [5.74, 6) is -1.34. The van der Waals surface area contributed by atoms with Gasteiger partial charge >= 0.3 is 6.03 Å². The first-order chi connectivity index (χ1) is 8.54. The van der Waals surface area contributed by atoms with Gasteiger partial charge in [-0.3, -0.25) is 0 Å². The molecule has 1 aromatic rings. The van der Waals surface area contributed by atoms with Crippen LogP contribution in [0.2, 0.25) is 0 Å². The van der Waals surface area contributed by atoms with Crippen LogP contribution in [0.3, 0.4) is 0 Å². The van der Waals surface area contributed by atoms with E-state index in [0.29, 0.717) is 0 Å². The van der Waals surface area contributed by atoms with Gasteiger partial charge in [-0.05, 0) is 6.07 Å². The summed E-state index contributed by atoms with van der Waals surface area (Å²) in [6, 6.07) is 4.34. The van der Waals surface area contributed by atoms with Gasteiger partial charge in [0.25, 0.3) is 0 Å². The van der Waals surface area contributed by atoms with E-state index in [1.165, 1.54) is 22.9 Å². The molecule has 0 spiro atoms. The molecule has 94 valence electrons. The van der Waals surface area contributed by atoms with Crippen LogP contribution in [0.25, 0.3) is 0 Å². The van der Waals surface area contributed by atoms with Gasteiger partial charge in [0.15, 0.2) is 0 Å². The van der Waals surface area contributed by atoms with Crippen molar-refractivity contribution in [3.8, 4) is 6.07 Å². The lowest BCUT2D eigenvalue weighted by Gasteiger charge is -2.18. The fourth-order valence-corrected chi connectivity index (χ4v) is 2.06. The summed E-state index contributed by atoms with van der Waals surface area (Å²) in [4.78, 5) is 14.4. The molecule has 0 bridgehead atoms. The number of benzene rings is 1. The summed E-state index contributed by atoms with van der Waals surface area (Å²) in [7, 11) is 1.53. The average Bonchev–Trinajstić information content (AvgIpc) is 2.58. The molecule has 1 atom stereocenters. The topological polar surface area (TPSA) is 47.3 Å². The van der Waals surface area contributed by atoms with Gasteiger partial charge in [-0.25, -0.2) is 13.6 Å². The largest absolute Gasteiger partial charge is 0.321 e. The second kappa shape index (κ2) is 4.61. The summed E-state index contributed by atoms with van der Waals surface area (Å²) in [5.41, 5.74) is 0.257. The van der Waals surface area contributed by atoms with Gasteiger partial charge < -0.3 is 9.80 Å². The van der Waals surface area contributed by atoms with Crippen LogP contribution in [0.15, 0.2) is 18.2 Å². The van der Waals surface area contributed by atoms with E-state index in [2.05, 4.69) is 0 Å². The Morgan fingerprint density at radius 2 is 2.22 bits per heavy atom. The van der Waals surface area contributed by atoms with E-state index in [1.54, 1.807) is 0 Å². The highest BCUT2D eigenvalue weighted by Crippen LogP contribution is 2.29. The lowest BCUT2D eigenvalue weighted by Crippen LogP contribution is -2.29. The maximum atomic E-state index is 13.7. The van der Waals surface area contributed by atoms with E-state index in [1.807, 2.05) is 6.07 Å². The van der Waals surface area contributed by atoms with Crippen LogP contribution in [0, 0.1) is 23.0 Å². The number of rotatable bonds is 2. The molecule has 2 rings (SSSR count). The second-order valence-corrected chi connectivity index (χ2v) is 4.11. The molecule has 1 heterocycles. The van der Waals surface area contributed by atoms with Gasteiger partial charge in [-0.15, -0.1) is 0 Å². The number of carbonyl (C=O) groups is 1. The number of nitriles is 1. The Kier molecular flexibility index (Phi) is 3.15. The van der Waals surface area contributed by atoms with E-state index >= 15 is 0 Å². The summed E-state index contributed by atoms with van der Waals surface area (Å²) >= 11 is 0. The number of amides is 2. The minimum Gasteiger partial charge on any atom is -0.319 e. The number of likely N-dealkylation sites (N-methyl/N-ethyl adjacent to an activating group) is 1. The highest BCUT2D eigenvalue weighted by Gasteiger charge is 2.36. The molecule has 2 amide bonds. The number of hydrogen-bond donors (Lipinski definition) is 0. The number of hydrogen-bond acceptors (Lipinski definition) is 2. The molecule has 0 saturated carbocycles. The maximum absolute atomic E-state index is 13.7. The number of carbonyl (C=O) groups excluding carboxylic acids is 1. The molecule has 4 nitrogen and oxygen atoms in total. The monoisotopic (exact) mass is 251 g/mol. The first-order valence-electron chi connectivity index (χ1n) is 5.38. The van der Waals surface area contributed by atoms with Crippen LogP contribution in [0.1, 0.15) is 11.6 Å². The highest BCUT2D eigenvalue weighted by molar-refractivity contribution is 5.77. The van der Waals surface area contributed by atoms with Crippen LogP contribution in [-0.2, 0) is 0 Å². The van der Waals surface area contributed by atoms with Gasteiger partial charge in [0.05, 0.1) is 12.1 Å². The van der Waals surface area contributed by atoms with Gasteiger partial charge in [-0.1, -0.05) is 6.07 Å². The quantitative estimate of drug-likeness (QED) is 0.754. The molecule has 1 aliphatic rings. The number of halogens is 2. The van der Waals surface area contributed by atoms with Crippen molar-refractivity contribution in [1.82, 2.24) is 9.80 Å². The van der Waals surface area contributed by atoms with Crippen molar-refractivity contribution < 1.29 is 13.6 Å². The van der Waals surface area contributed by atoms with Crippen molar-refractivity contribution in [3.05, 3.63) is 35.4 Å². The zero-order chi connectivity index (χ0) is 13.3. The SMILES string of the molecule is CN1C(=O)N(CC#N)CC1c1ccc(F)cc1F. The van der Waals surface area contributed by atoms with E-state index in [4.69, 9.17) is 5.26 Å². The van der Waals surface area contributed by atoms with E-state index in [9.17, 15) is 13.6 Å². The predicted molar refractivity (Wildman–Crippen MR) is 59.4 cm³/mol. The summed E-state index contributed by atoms with van der Waals surface area (Å²) < 4.78 is 26.5. The van der Waals surface area contributed by atoms with Gasteiger partial charge in [0.2, 0.25) is 0 Å². The molecule has 0 aromatic heterocycles.